The van der Waals surface area contributed by atoms with Crippen LogP contribution in [0.4, 0.5) is 5.82 Å². The van der Waals surface area contributed by atoms with Gasteiger partial charge in [0.25, 0.3) is 0 Å². The van der Waals surface area contributed by atoms with E-state index in [4.69, 9.17) is 0 Å². The maximum absolute atomic E-state index is 12.7. The van der Waals surface area contributed by atoms with Gasteiger partial charge in [-0.05, 0) is 85.0 Å². The van der Waals surface area contributed by atoms with Crippen LogP contribution in [-0.4, -0.2) is 33.1 Å². The van der Waals surface area contributed by atoms with Gasteiger partial charge in [-0.2, -0.15) is 0 Å². The van der Waals surface area contributed by atoms with Crippen molar-refractivity contribution in [3.63, 3.8) is 0 Å². The summed E-state index contributed by atoms with van der Waals surface area (Å²) in [7, 11) is 0. The van der Waals surface area contributed by atoms with Crippen LogP contribution in [0.3, 0.4) is 0 Å². The van der Waals surface area contributed by atoms with Gasteiger partial charge < -0.3 is 15.7 Å². The summed E-state index contributed by atoms with van der Waals surface area (Å²) in [5.41, 5.74) is 5.38. The molecule has 1 saturated carbocycles. The number of aryl methyl sites for hydroxylation is 2. The number of amides is 1. The van der Waals surface area contributed by atoms with Crippen molar-refractivity contribution in [2.75, 3.05) is 5.32 Å². The van der Waals surface area contributed by atoms with Crippen molar-refractivity contribution in [3.8, 4) is 16.9 Å². The van der Waals surface area contributed by atoms with E-state index in [1.165, 1.54) is 0 Å². The normalized spacial score (nSPS) is 21.0. The number of phenols is 1. The number of hydrogen-bond donors (Lipinski definition) is 3. The Labute approximate surface area is 189 Å². The van der Waals surface area contributed by atoms with E-state index < -0.39 is 0 Å². The molecule has 3 atom stereocenters. The van der Waals surface area contributed by atoms with Crippen LogP contribution in [0.2, 0.25) is 0 Å². The van der Waals surface area contributed by atoms with Gasteiger partial charge >= 0.3 is 0 Å². The Balaban J connectivity index is 1.51. The summed E-state index contributed by atoms with van der Waals surface area (Å²) in [6.07, 6.45) is 2.69. The number of carbonyl (C=O) groups is 1. The molecular weight excluding hydrogens is 400 g/mol. The Morgan fingerprint density at radius 1 is 1.09 bits per heavy atom. The van der Waals surface area contributed by atoms with E-state index in [9.17, 15) is 9.90 Å². The number of nitrogens with zero attached hydrogens (tertiary/aromatic N) is 2. The molecule has 1 fully saturated rings. The Hall–Kier alpha value is -2.99. The third-order valence-corrected chi connectivity index (χ3v) is 7.06. The topological polar surface area (TPSA) is 87.1 Å². The lowest BCUT2D eigenvalue weighted by molar-refractivity contribution is -0.117. The number of rotatable bonds is 6. The van der Waals surface area contributed by atoms with Gasteiger partial charge in [0.2, 0.25) is 5.91 Å². The van der Waals surface area contributed by atoms with E-state index in [-0.39, 0.29) is 17.4 Å². The van der Waals surface area contributed by atoms with Crippen LogP contribution < -0.4 is 10.6 Å². The number of benzene rings is 2. The van der Waals surface area contributed by atoms with Crippen molar-refractivity contribution in [2.24, 2.45) is 11.3 Å². The SMILES string of the molecule is Cc1cc(-c2ccc3ncc(NC(=O)C(C)NC4CC4(C)C(C)C)nc3c2)cc(C)c1O. The van der Waals surface area contributed by atoms with Gasteiger partial charge in [-0.3, -0.25) is 9.78 Å². The minimum atomic E-state index is -0.313. The molecule has 1 aliphatic rings. The molecule has 0 radical (unpaired) electrons. The minimum absolute atomic E-state index is 0.113. The fourth-order valence-electron chi connectivity index (χ4n) is 4.25. The number of anilines is 1. The molecule has 3 aromatic rings. The molecule has 4 rings (SSSR count). The molecule has 3 unspecified atom stereocenters. The maximum Gasteiger partial charge on any atom is 0.242 e. The van der Waals surface area contributed by atoms with Crippen LogP contribution >= 0.6 is 0 Å². The van der Waals surface area contributed by atoms with Gasteiger partial charge in [0.15, 0.2) is 5.82 Å². The van der Waals surface area contributed by atoms with Crippen molar-refractivity contribution in [3.05, 3.63) is 47.7 Å². The Bertz CT molecular complexity index is 1170. The molecule has 168 valence electrons. The van der Waals surface area contributed by atoms with Crippen LogP contribution in [0.1, 0.15) is 45.2 Å². The first kappa shape index (κ1) is 22.2. The lowest BCUT2D eigenvalue weighted by Gasteiger charge is -2.19. The minimum Gasteiger partial charge on any atom is -0.507 e. The first-order chi connectivity index (χ1) is 15.1. The standard InChI is InChI=1S/C26H32N4O2/c1-14(2)26(6)12-22(26)28-17(5)25(32)30-23-13-27-20-8-7-18(11-21(20)29-23)19-9-15(3)24(31)16(4)10-19/h7-11,13-14,17,22,28,31H,12H2,1-6H3,(H,29,30,32). The monoisotopic (exact) mass is 432 g/mol. The number of phenolic OH excluding ortho intramolecular Hbond substituents is 1. The fourth-order valence-corrected chi connectivity index (χ4v) is 4.25. The predicted octanol–water partition coefficient (Wildman–Crippen LogP) is 4.97. The van der Waals surface area contributed by atoms with Crippen LogP contribution in [0.15, 0.2) is 36.5 Å². The molecule has 0 aliphatic heterocycles. The second kappa shape index (κ2) is 8.17. The predicted molar refractivity (Wildman–Crippen MR) is 129 cm³/mol. The van der Waals surface area contributed by atoms with Gasteiger partial charge in [0.05, 0.1) is 23.3 Å². The molecule has 0 bridgehead atoms. The number of hydrogen-bond acceptors (Lipinski definition) is 5. The lowest BCUT2D eigenvalue weighted by Crippen LogP contribution is -2.41. The first-order valence-corrected chi connectivity index (χ1v) is 11.2. The number of carbonyl (C=O) groups excluding carboxylic acids is 1. The summed E-state index contributed by atoms with van der Waals surface area (Å²) in [6, 6.07) is 9.84. The molecule has 1 heterocycles. The highest BCUT2D eigenvalue weighted by Crippen LogP contribution is 2.51. The summed E-state index contributed by atoms with van der Waals surface area (Å²) in [6.45, 7) is 12.4. The van der Waals surface area contributed by atoms with Gasteiger partial charge in [0, 0.05) is 6.04 Å². The lowest BCUT2D eigenvalue weighted by atomic mass is 9.94. The summed E-state index contributed by atoms with van der Waals surface area (Å²) < 4.78 is 0. The zero-order chi connectivity index (χ0) is 23.2. The molecule has 6 heteroatoms. The summed E-state index contributed by atoms with van der Waals surface area (Å²) in [5.74, 6) is 1.23. The zero-order valence-electron chi connectivity index (χ0n) is 19.7. The van der Waals surface area contributed by atoms with Gasteiger partial charge in [-0.15, -0.1) is 0 Å². The third kappa shape index (κ3) is 4.19. The Kier molecular flexibility index (Phi) is 5.67. The van der Waals surface area contributed by atoms with Crippen LogP contribution in [-0.2, 0) is 4.79 Å². The van der Waals surface area contributed by atoms with E-state index in [2.05, 4.69) is 41.4 Å². The molecule has 0 spiro atoms. The van der Waals surface area contributed by atoms with E-state index in [1.807, 2.05) is 51.1 Å². The quantitative estimate of drug-likeness (QED) is 0.512. The third-order valence-electron chi connectivity index (χ3n) is 7.06. The van der Waals surface area contributed by atoms with E-state index in [0.29, 0.717) is 29.0 Å². The molecule has 3 N–H and O–H groups in total. The van der Waals surface area contributed by atoms with Gasteiger partial charge in [0.1, 0.15) is 5.75 Å². The van der Waals surface area contributed by atoms with Crippen molar-refractivity contribution in [1.82, 2.24) is 15.3 Å². The average molecular weight is 433 g/mol. The number of nitrogens with one attached hydrogen (secondary N) is 2. The zero-order valence-corrected chi connectivity index (χ0v) is 19.7. The first-order valence-electron chi connectivity index (χ1n) is 11.2. The van der Waals surface area contributed by atoms with E-state index >= 15 is 0 Å². The molecule has 0 saturated heterocycles. The fraction of sp³-hybridized carbons (Fsp3) is 0.423. The molecule has 1 aromatic heterocycles. The highest BCUT2D eigenvalue weighted by Gasteiger charge is 2.52. The van der Waals surface area contributed by atoms with Crippen LogP contribution in [0.5, 0.6) is 5.75 Å². The number of fused-ring (bicyclic) bond motifs is 1. The molecule has 32 heavy (non-hydrogen) atoms. The maximum atomic E-state index is 12.7. The molecular formula is C26H32N4O2. The number of aromatic nitrogens is 2. The molecule has 2 aromatic carbocycles. The van der Waals surface area contributed by atoms with E-state index in [1.54, 1.807) is 6.20 Å². The highest BCUT2D eigenvalue weighted by molar-refractivity contribution is 5.94. The molecule has 1 amide bonds. The van der Waals surface area contributed by atoms with E-state index in [0.717, 1.165) is 34.2 Å². The van der Waals surface area contributed by atoms with Crippen LogP contribution in [0, 0.1) is 25.2 Å². The van der Waals surface area contributed by atoms with Gasteiger partial charge in [-0.1, -0.05) is 26.8 Å². The number of aromatic hydroxyl groups is 1. The summed E-state index contributed by atoms with van der Waals surface area (Å²) in [5, 5.41) is 16.4. The van der Waals surface area contributed by atoms with Crippen molar-refractivity contribution >= 4 is 22.8 Å². The molecule has 6 nitrogen and oxygen atoms in total. The Morgan fingerprint density at radius 3 is 2.41 bits per heavy atom. The van der Waals surface area contributed by atoms with Crippen molar-refractivity contribution in [2.45, 2.75) is 60.0 Å². The second-order valence-corrected chi connectivity index (χ2v) is 9.71. The second-order valence-electron chi connectivity index (χ2n) is 9.71. The Morgan fingerprint density at radius 2 is 1.78 bits per heavy atom. The summed E-state index contributed by atoms with van der Waals surface area (Å²) >= 11 is 0. The van der Waals surface area contributed by atoms with Crippen LogP contribution in [0.25, 0.3) is 22.2 Å². The van der Waals surface area contributed by atoms with Gasteiger partial charge in [-0.25, -0.2) is 4.98 Å². The average Bonchev–Trinajstić information content (AvgIpc) is 3.41. The van der Waals surface area contributed by atoms with Crippen molar-refractivity contribution in [1.29, 1.82) is 0 Å². The summed E-state index contributed by atoms with van der Waals surface area (Å²) in [4.78, 5) is 21.8. The highest BCUT2D eigenvalue weighted by atomic mass is 16.3. The molecule has 1 aliphatic carbocycles. The largest absolute Gasteiger partial charge is 0.507 e. The smallest absolute Gasteiger partial charge is 0.242 e. The van der Waals surface area contributed by atoms with Crippen molar-refractivity contribution < 1.29 is 9.90 Å².